The molecule has 0 saturated heterocycles. The van der Waals surface area contributed by atoms with Crippen LogP contribution < -0.4 is 0 Å². The van der Waals surface area contributed by atoms with Gasteiger partial charge in [-0.1, -0.05) is 41.6 Å². The fourth-order valence-corrected chi connectivity index (χ4v) is 2.23. The number of rotatable bonds is 3. The third-order valence-electron chi connectivity index (χ3n) is 3.42. The van der Waals surface area contributed by atoms with Crippen molar-refractivity contribution >= 4 is 0 Å². The molecule has 4 rings (SSSR count). The van der Waals surface area contributed by atoms with E-state index in [9.17, 15) is 10.2 Å². The minimum atomic E-state index is -0.592. The normalized spacial score (nSPS) is 10.7. The van der Waals surface area contributed by atoms with Crippen LogP contribution in [0, 0.1) is 0 Å². The minimum Gasteiger partial charge on any atom is -0.501 e. The molecule has 0 unspecified atom stereocenters. The van der Waals surface area contributed by atoms with Crippen molar-refractivity contribution < 1.29 is 14.7 Å². The van der Waals surface area contributed by atoms with Crippen molar-refractivity contribution in [1.82, 2.24) is 25.1 Å². The fourth-order valence-electron chi connectivity index (χ4n) is 2.23. The van der Waals surface area contributed by atoms with Crippen molar-refractivity contribution in [3.63, 3.8) is 0 Å². The molecule has 0 atom stereocenters. The monoisotopic (exact) mass is 333 g/mol. The summed E-state index contributed by atoms with van der Waals surface area (Å²) in [5, 5.41) is 23.9. The molecule has 0 aliphatic heterocycles. The van der Waals surface area contributed by atoms with Gasteiger partial charge in [0, 0.05) is 11.8 Å². The Morgan fingerprint density at radius 2 is 1.60 bits per heavy atom. The Hall–Kier alpha value is -3.81. The number of pyridine rings is 1. The Balaban J connectivity index is 1.81. The summed E-state index contributed by atoms with van der Waals surface area (Å²) in [6, 6.07) is 14.4. The van der Waals surface area contributed by atoms with E-state index >= 15 is 0 Å². The van der Waals surface area contributed by atoms with Gasteiger partial charge in [-0.3, -0.25) is 4.98 Å². The predicted molar refractivity (Wildman–Crippen MR) is 87.3 cm³/mol. The Kier molecular flexibility index (Phi) is 3.55. The van der Waals surface area contributed by atoms with Crippen LogP contribution in [0.3, 0.4) is 0 Å². The van der Waals surface area contributed by atoms with Crippen molar-refractivity contribution in [3.8, 4) is 46.1 Å². The Morgan fingerprint density at radius 1 is 0.800 bits per heavy atom. The van der Waals surface area contributed by atoms with Crippen LogP contribution in [-0.4, -0.2) is 35.3 Å². The molecule has 3 aromatic heterocycles. The van der Waals surface area contributed by atoms with Crippen LogP contribution in [0.15, 0.2) is 59.3 Å². The first kappa shape index (κ1) is 14.8. The molecule has 2 N–H and O–H groups in total. The summed E-state index contributed by atoms with van der Waals surface area (Å²) in [7, 11) is 0. The molecule has 122 valence electrons. The van der Waals surface area contributed by atoms with E-state index in [0.717, 1.165) is 5.56 Å². The van der Waals surface area contributed by atoms with E-state index in [1.165, 1.54) is 0 Å². The van der Waals surface area contributed by atoms with E-state index in [2.05, 4.69) is 25.1 Å². The second-order valence-electron chi connectivity index (χ2n) is 5.07. The molecule has 8 nitrogen and oxygen atoms in total. The van der Waals surface area contributed by atoms with Gasteiger partial charge in [-0.25, -0.2) is 4.98 Å². The number of aromatic nitrogens is 5. The molecule has 0 bridgehead atoms. The molecule has 0 aliphatic rings. The summed E-state index contributed by atoms with van der Waals surface area (Å²) >= 11 is 0. The number of benzene rings is 1. The second-order valence-corrected chi connectivity index (χ2v) is 5.07. The zero-order valence-electron chi connectivity index (χ0n) is 12.7. The third-order valence-corrected chi connectivity index (χ3v) is 3.42. The molecule has 0 saturated carbocycles. The summed E-state index contributed by atoms with van der Waals surface area (Å²) in [5.41, 5.74) is 1.12. The van der Waals surface area contributed by atoms with E-state index in [0.29, 0.717) is 11.5 Å². The maximum atomic E-state index is 10.1. The van der Waals surface area contributed by atoms with Crippen LogP contribution in [0.5, 0.6) is 11.6 Å². The zero-order valence-corrected chi connectivity index (χ0v) is 12.7. The van der Waals surface area contributed by atoms with Crippen LogP contribution in [0.4, 0.5) is 0 Å². The molecule has 1 aromatic carbocycles. The van der Waals surface area contributed by atoms with Crippen molar-refractivity contribution in [2.45, 2.75) is 0 Å². The van der Waals surface area contributed by atoms with E-state index in [1.54, 1.807) is 24.4 Å². The number of nitrogens with zero attached hydrogens (tertiary/aromatic N) is 5. The quantitative estimate of drug-likeness (QED) is 0.587. The summed E-state index contributed by atoms with van der Waals surface area (Å²) in [6.07, 6.45) is 1.57. The van der Waals surface area contributed by atoms with Crippen LogP contribution >= 0.6 is 0 Å². The van der Waals surface area contributed by atoms with E-state index < -0.39 is 11.6 Å². The van der Waals surface area contributed by atoms with Crippen molar-refractivity contribution in [2.24, 2.45) is 0 Å². The molecule has 0 spiro atoms. The lowest BCUT2D eigenvalue weighted by molar-refractivity contribution is 0.382. The fraction of sp³-hybridized carbons (Fsp3) is 0. The van der Waals surface area contributed by atoms with Gasteiger partial charge in [0.05, 0.1) is 0 Å². The van der Waals surface area contributed by atoms with Gasteiger partial charge >= 0.3 is 0 Å². The lowest BCUT2D eigenvalue weighted by Crippen LogP contribution is -1.95. The molecule has 8 heteroatoms. The average Bonchev–Trinajstić information content (AvgIpc) is 3.15. The summed E-state index contributed by atoms with van der Waals surface area (Å²) < 4.78 is 5.19. The molecule has 0 radical (unpaired) electrons. The zero-order chi connectivity index (χ0) is 17.2. The molecule has 0 amide bonds. The van der Waals surface area contributed by atoms with Crippen molar-refractivity contribution in [1.29, 1.82) is 0 Å². The minimum absolute atomic E-state index is 0.0359. The van der Waals surface area contributed by atoms with Gasteiger partial charge in [0.1, 0.15) is 5.69 Å². The summed E-state index contributed by atoms with van der Waals surface area (Å²) in [4.78, 5) is 16.4. The first-order valence-electron chi connectivity index (χ1n) is 7.33. The Labute approximate surface area is 141 Å². The topological polar surface area (TPSA) is 118 Å². The van der Waals surface area contributed by atoms with E-state index in [-0.39, 0.29) is 17.4 Å². The maximum Gasteiger partial charge on any atom is 0.281 e. The van der Waals surface area contributed by atoms with Gasteiger partial charge in [-0.05, 0) is 12.1 Å². The van der Waals surface area contributed by atoms with Crippen LogP contribution in [0.25, 0.3) is 34.5 Å². The first-order valence-corrected chi connectivity index (χ1v) is 7.33. The van der Waals surface area contributed by atoms with Gasteiger partial charge in [0.15, 0.2) is 11.5 Å². The molecule has 0 fully saturated rings. The molecule has 25 heavy (non-hydrogen) atoms. The first-order chi connectivity index (χ1) is 12.2. The highest BCUT2D eigenvalue weighted by molar-refractivity contribution is 5.66. The lowest BCUT2D eigenvalue weighted by Gasteiger charge is -2.04. The van der Waals surface area contributed by atoms with Crippen LogP contribution in [-0.2, 0) is 0 Å². The molecular formula is C17H11N5O3. The maximum absolute atomic E-state index is 10.1. The van der Waals surface area contributed by atoms with E-state index in [4.69, 9.17) is 4.52 Å². The summed E-state index contributed by atoms with van der Waals surface area (Å²) in [6.45, 7) is 0. The highest BCUT2D eigenvalue weighted by Crippen LogP contribution is 2.35. The summed E-state index contributed by atoms with van der Waals surface area (Å²) in [5.74, 6) is -0.697. The second kappa shape index (κ2) is 6.00. The van der Waals surface area contributed by atoms with Crippen molar-refractivity contribution in [3.05, 3.63) is 54.7 Å². The number of aromatic hydroxyl groups is 2. The van der Waals surface area contributed by atoms with Gasteiger partial charge < -0.3 is 14.7 Å². The lowest BCUT2D eigenvalue weighted by atomic mass is 10.2. The highest BCUT2D eigenvalue weighted by Gasteiger charge is 2.21. The van der Waals surface area contributed by atoms with Gasteiger partial charge in [-0.2, -0.15) is 9.97 Å². The third kappa shape index (κ3) is 2.76. The van der Waals surface area contributed by atoms with Gasteiger partial charge in [0.25, 0.3) is 11.8 Å². The molecule has 4 aromatic rings. The average molecular weight is 333 g/mol. The molecular weight excluding hydrogens is 322 g/mol. The Morgan fingerprint density at radius 3 is 2.36 bits per heavy atom. The highest BCUT2D eigenvalue weighted by atomic mass is 16.5. The standard InChI is InChI=1S/C17H11N5O3/c23-13-12(17-21-14(22-25-17)10-6-2-1-3-7-10)19-15(20-16(13)24)11-8-4-5-9-18-11/h1-9,23H,(H,19,20,24). The molecule has 3 heterocycles. The van der Waals surface area contributed by atoms with Gasteiger partial charge in [-0.15, -0.1) is 0 Å². The van der Waals surface area contributed by atoms with Crippen LogP contribution in [0.1, 0.15) is 0 Å². The molecule has 0 aliphatic carbocycles. The smallest absolute Gasteiger partial charge is 0.281 e. The Bertz CT molecular complexity index is 1020. The van der Waals surface area contributed by atoms with Gasteiger partial charge in [0.2, 0.25) is 11.6 Å². The predicted octanol–water partition coefficient (Wildman–Crippen LogP) is 2.67. The van der Waals surface area contributed by atoms with E-state index in [1.807, 2.05) is 30.3 Å². The van der Waals surface area contributed by atoms with Crippen LogP contribution in [0.2, 0.25) is 0 Å². The largest absolute Gasteiger partial charge is 0.501 e. The SMILES string of the molecule is Oc1nc(-c2ccccn2)nc(-c2nc(-c3ccccc3)no2)c1O. The number of hydrogen-bond acceptors (Lipinski definition) is 8. The van der Waals surface area contributed by atoms with Crippen molar-refractivity contribution in [2.75, 3.05) is 0 Å². The number of hydrogen-bond donors (Lipinski definition) is 2.